The number of benzene rings is 1. The second kappa shape index (κ2) is 7.48. The number of hydrogen-bond acceptors (Lipinski definition) is 6. The zero-order valence-corrected chi connectivity index (χ0v) is 15.3. The van der Waals surface area contributed by atoms with E-state index in [1.54, 1.807) is 0 Å². The lowest BCUT2D eigenvalue weighted by Crippen LogP contribution is -2.47. The topological polar surface area (TPSA) is 74.2 Å². The van der Waals surface area contributed by atoms with Crippen molar-refractivity contribution in [3.63, 3.8) is 0 Å². The molecule has 2 aliphatic rings. The molecule has 1 saturated carbocycles. The molecule has 1 unspecified atom stereocenters. The predicted octanol–water partition coefficient (Wildman–Crippen LogP) is 3.04. The summed E-state index contributed by atoms with van der Waals surface area (Å²) in [7, 11) is 0. The molecule has 1 aromatic carbocycles. The van der Waals surface area contributed by atoms with Crippen molar-refractivity contribution in [2.24, 2.45) is 0 Å². The molecule has 142 valence electrons. The molecule has 1 heterocycles. The van der Waals surface area contributed by atoms with E-state index in [-0.39, 0.29) is 12.4 Å². The Morgan fingerprint density at radius 3 is 2.50 bits per heavy atom. The lowest BCUT2D eigenvalue weighted by Gasteiger charge is -2.40. The third kappa shape index (κ3) is 4.32. The molecule has 1 N–H and O–H groups in total. The highest BCUT2D eigenvalue weighted by atomic mass is 17.2. The number of carbonyl (C=O) groups is 1. The fraction of sp³-hybridized carbons (Fsp3) is 0.550. The van der Waals surface area contributed by atoms with E-state index in [1.807, 2.05) is 38.1 Å². The van der Waals surface area contributed by atoms with E-state index >= 15 is 0 Å². The number of Topliss-reactive ketones (excluding diaryl/α,β-unsaturated/α-hetero) is 1. The standard InChI is InChI=1S/C20H26O6/c1-14(15-4-6-17(7-5-15)24-19(2,3)13-21)18-12-23-20(26-25-18)10-8-16(22)9-11-20/h4-7,18,21H,1,8-13H2,2-3H3. The minimum absolute atomic E-state index is 0.0700. The van der Waals surface area contributed by atoms with Crippen LogP contribution in [0.3, 0.4) is 0 Å². The van der Waals surface area contributed by atoms with Gasteiger partial charge in [-0.1, -0.05) is 18.7 Å². The van der Waals surface area contributed by atoms with Crippen LogP contribution in [0.4, 0.5) is 0 Å². The minimum atomic E-state index is -0.793. The van der Waals surface area contributed by atoms with Crippen LogP contribution in [0.5, 0.6) is 5.75 Å². The number of carbonyl (C=O) groups excluding carboxylic acids is 1. The van der Waals surface area contributed by atoms with Crippen LogP contribution in [0.25, 0.3) is 5.57 Å². The maximum absolute atomic E-state index is 11.4. The van der Waals surface area contributed by atoms with E-state index in [0.717, 1.165) is 11.1 Å². The summed E-state index contributed by atoms with van der Waals surface area (Å²) < 4.78 is 11.6. The molecular weight excluding hydrogens is 336 g/mol. The van der Waals surface area contributed by atoms with Gasteiger partial charge in [0.25, 0.3) is 0 Å². The second-order valence-electron chi connectivity index (χ2n) is 7.50. The molecule has 0 amide bonds. The fourth-order valence-electron chi connectivity index (χ4n) is 3.00. The maximum Gasteiger partial charge on any atom is 0.202 e. The van der Waals surface area contributed by atoms with Crippen molar-refractivity contribution in [1.82, 2.24) is 0 Å². The van der Waals surface area contributed by atoms with Crippen LogP contribution in [-0.4, -0.2) is 41.6 Å². The quantitative estimate of drug-likeness (QED) is 0.812. The second-order valence-corrected chi connectivity index (χ2v) is 7.50. The van der Waals surface area contributed by atoms with E-state index in [9.17, 15) is 9.90 Å². The van der Waals surface area contributed by atoms with Crippen molar-refractivity contribution in [3.8, 4) is 5.75 Å². The molecule has 0 aromatic heterocycles. The van der Waals surface area contributed by atoms with Crippen LogP contribution in [0, 0.1) is 0 Å². The van der Waals surface area contributed by atoms with Gasteiger partial charge in [0.1, 0.15) is 23.2 Å². The predicted molar refractivity (Wildman–Crippen MR) is 95.4 cm³/mol. The molecule has 3 rings (SSSR count). The van der Waals surface area contributed by atoms with Gasteiger partial charge in [-0.3, -0.25) is 4.79 Å². The lowest BCUT2D eigenvalue weighted by atomic mass is 9.93. The molecule has 1 saturated heterocycles. The van der Waals surface area contributed by atoms with E-state index in [1.165, 1.54) is 0 Å². The van der Waals surface area contributed by atoms with Crippen LogP contribution < -0.4 is 4.74 Å². The van der Waals surface area contributed by atoms with Crippen molar-refractivity contribution in [3.05, 3.63) is 36.4 Å². The molecule has 0 radical (unpaired) electrons. The van der Waals surface area contributed by atoms with Crippen molar-refractivity contribution in [2.75, 3.05) is 13.2 Å². The Kier molecular flexibility index (Phi) is 5.48. The SMILES string of the molecule is C=C(c1ccc(OC(C)(C)CO)cc1)C1COC2(CCC(=O)CC2)OO1. The molecule has 1 aliphatic carbocycles. The van der Waals surface area contributed by atoms with E-state index < -0.39 is 17.5 Å². The Bertz CT molecular complexity index is 643. The number of ketones is 1. The molecule has 1 aromatic rings. The van der Waals surface area contributed by atoms with Gasteiger partial charge >= 0.3 is 0 Å². The Balaban J connectivity index is 1.57. The molecular formula is C20H26O6. The summed E-state index contributed by atoms with van der Waals surface area (Å²) in [4.78, 5) is 22.5. The summed E-state index contributed by atoms with van der Waals surface area (Å²) in [6, 6.07) is 7.43. The average molecular weight is 362 g/mol. The van der Waals surface area contributed by atoms with Crippen LogP contribution >= 0.6 is 0 Å². The molecule has 1 atom stereocenters. The smallest absolute Gasteiger partial charge is 0.202 e. The first-order chi connectivity index (χ1) is 12.3. The largest absolute Gasteiger partial charge is 0.485 e. The van der Waals surface area contributed by atoms with Gasteiger partial charge in [-0.15, -0.1) is 0 Å². The Labute approximate surface area is 153 Å². The fourth-order valence-corrected chi connectivity index (χ4v) is 3.00. The highest BCUT2D eigenvalue weighted by Gasteiger charge is 2.43. The van der Waals surface area contributed by atoms with Gasteiger partial charge in [-0.2, -0.15) is 0 Å². The number of ether oxygens (including phenoxy) is 2. The minimum Gasteiger partial charge on any atom is -0.485 e. The highest BCUT2D eigenvalue weighted by Crippen LogP contribution is 2.37. The van der Waals surface area contributed by atoms with Gasteiger partial charge < -0.3 is 14.6 Å². The summed E-state index contributed by atoms with van der Waals surface area (Å²) >= 11 is 0. The van der Waals surface area contributed by atoms with Crippen LogP contribution in [-0.2, 0) is 19.3 Å². The first kappa shape index (κ1) is 19.0. The van der Waals surface area contributed by atoms with Crippen LogP contribution in [0.2, 0.25) is 0 Å². The van der Waals surface area contributed by atoms with E-state index in [0.29, 0.717) is 38.0 Å². The summed E-state index contributed by atoms with van der Waals surface area (Å²) in [6.45, 7) is 8.00. The van der Waals surface area contributed by atoms with Crippen molar-refractivity contribution in [2.45, 2.75) is 57.0 Å². The van der Waals surface area contributed by atoms with E-state index in [4.69, 9.17) is 19.2 Å². The van der Waals surface area contributed by atoms with Crippen LogP contribution in [0.1, 0.15) is 45.1 Å². The summed E-state index contributed by atoms with van der Waals surface area (Å²) in [5.41, 5.74) is 1.01. The average Bonchev–Trinajstić information content (AvgIpc) is 2.65. The Hall–Kier alpha value is -1.73. The molecule has 1 spiro atoms. The monoisotopic (exact) mass is 362 g/mol. The third-order valence-electron chi connectivity index (χ3n) is 4.77. The number of aliphatic hydroxyl groups is 1. The van der Waals surface area contributed by atoms with Gasteiger partial charge in [0.2, 0.25) is 5.79 Å². The zero-order valence-electron chi connectivity index (χ0n) is 15.3. The van der Waals surface area contributed by atoms with Gasteiger partial charge in [-0.25, -0.2) is 9.78 Å². The highest BCUT2D eigenvalue weighted by molar-refractivity contribution is 5.79. The normalized spacial score (nSPS) is 23.0. The summed E-state index contributed by atoms with van der Waals surface area (Å²) in [6.07, 6.45) is 1.57. The molecule has 1 aliphatic heterocycles. The van der Waals surface area contributed by atoms with Gasteiger partial charge in [-0.05, 0) is 37.1 Å². The maximum atomic E-state index is 11.4. The van der Waals surface area contributed by atoms with Gasteiger partial charge in [0.15, 0.2) is 0 Å². The number of aliphatic hydroxyl groups excluding tert-OH is 1. The van der Waals surface area contributed by atoms with Gasteiger partial charge in [0.05, 0.1) is 13.2 Å². The first-order valence-electron chi connectivity index (χ1n) is 8.92. The molecule has 6 heteroatoms. The van der Waals surface area contributed by atoms with Crippen molar-refractivity contribution in [1.29, 1.82) is 0 Å². The first-order valence-corrected chi connectivity index (χ1v) is 8.92. The van der Waals surface area contributed by atoms with Crippen molar-refractivity contribution < 1.29 is 29.1 Å². The number of hydrogen-bond donors (Lipinski definition) is 1. The van der Waals surface area contributed by atoms with Crippen molar-refractivity contribution >= 4 is 11.4 Å². The Morgan fingerprint density at radius 2 is 1.96 bits per heavy atom. The molecule has 26 heavy (non-hydrogen) atoms. The van der Waals surface area contributed by atoms with E-state index in [2.05, 4.69) is 6.58 Å². The Morgan fingerprint density at radius 1 is 1.31 bits per heavy atom. The molecule has 0 bridgehead atoms. The lowest BCUT2D eigenvalue weighted by molar-refractivity contribution is -0.481. The number of rotatable bonds is 5. The third-order valence-corrected chi connectivity index (χ3v) is 4.77. The molecule has 2 fully saturated rings. The van der Waals surface area contributed by atoms with Crippen LogP contribution in [0.15, 0.2) is 30.8 Å². The molecule has 6 nitrogen and oxygen atoms in total. The van der Waals surface area contributed by atoms with Gasteiger partial charge in [0, 0.05) is 25.7 Å². The zero-order chi connectivity index (χ0) is 18.8. The summed E-state index contributed by atoms with van der Waals surface area (Å²) in [5.74, 6) is 0.114. The summed E-state index contributed by atoms with van der Waals surface area (Å²) in [5, 5.41) is 9.29.